The fourth-order valence-corrected chi connectivity index (χ4v) is 4.27. The second-order valence-corrected chi connectivity index (χ2v) is 9.59. The van der Waals surface area contributed by atoms with Crippen LogP contribution in [-0.2, 0) is 4.79 Å². The van der Waals surface area contributed by atoms with Crippen molar-refractivity contribution in [2.45, 2.75) is 64.2 Å². The molecule has 0 atom stereocenters. The zero-order chi connectivity index (χ0) is 31.9. The molecular weight excluding hydrogens is 558 g/mol. The number of carbonyl (C=O) groups is 1. The van der Waals surface area contributed by atoms with Crippen LogP contribution >= 0.6 is 0 Å². The summed E-state index contributed by atoms with van der Waals surface area (Å²) in [5.41, 5.74) is 8.41. The van der Waals surface area contributed by atoms with Gasteiger partial charge in [0.15, 0.2) is 11.6 Å². The molecule has 0 bridgehead atoms. The first-order valence-corrected chi connectivity index (χ1v) is 14.5. The number of nitrogen functional groups attached to an aromatic ring is 1. The predicted molar refractivity (Wildman–Crippen MR) is 171 cm³/mol. The van der Waals surface area contributed by atoms with Gasteiger partial charge in [0.05, 0.1) is 11.9 Å². The van der Waals surface area contributed by atoms with Crippen LogP contribution in [0.5, 0.6) is 0 Å². The van der Waals surface area contributed by atoms with Crippen molar-refractivity contribution >= 4 is 35.8 Å². The second-order valence-electron chi connectivity index (χ2n) is 9.59. The first kappa shape index (κ1) is 33.0. The second kappa shape index (κ2) is 16.8. The van der Waals surface area contributed by atoms with E-state index in [4.69, 9.17) is 5.73 Å². The van der Waals surface area contributed by atoms with E-state index in [1.54, 1.807) is 4.68 Å². The van der Waals surface area contributed by atoms with Gasteiger partial charge in [-0.05, 0) is 38.5 Å². The lowest BCUT2D eigenvalue weighted by Crippen LogP contribution is -2.22. The highest BCUT2D eigenvalue weighted by Gasteiger charge is 2.28. The molecule has 2 saturated carbocycles. The number of carbonyl (C=O) groups excluding carboxylic acids is 1. The van der Waals surface area contributed by atoms with Crippen LogP contribution in [0.3, 0.4) is 0 Å². The summed E-state index contributed by atoms with van der Waals surface area (Å²) in [4.78, 5) is 33.4. The van der Waals surface area contributed by atoms with E-state index >= 15 is 0 Å². The summed E-state index contributed by atoms with van der Waals surface area (Å²) in [6.07, 6.45) is 28.1. The molecule has 3 fully saturated rings. The molecule has 0 unspecified atom stereocenters. The van der Waals surface area contributed by atoms with Crippen molar-refractivity contribution in [3.8, 4) is 31.6 Å². The van der Waals surface area contributed by atoms with E-state index in [0.29, 0.717) is 53.5 Å². The monoisotopic (exact) mass is 597 g/mol. The number of hydrogen-bond donors (Lipinski definition) is 4. The molecule has 4 aromatic rings. The average molecular weight is 598 g/mol. The van der Waals surface area contributed by atoms with Crippen LogP contribution in [0.25, 0.3) is 5.95 Å². The molecule has 0 spiro atoms. The number of amides is 1. The summed E-state index contributed by atoms with van der Waals surface area (Å²) >= 11 is 0. The molecule has 3 aliphatic rings. The van der Waals surface area contributed by atoms with E-state index in [9.17, 15) is 4.79 Å². The van der Waals surface area contributed by atoms with Crippen molar-refractivity contribution in [2.24, 2.45) is 0 Å². The maximum atomic E-state index is 9.80. The molecule has 230 valence electrons. The van der Waals surface area contributed by atoms with Gasteiger partial charge >= 0.3 is 0 Å². The number of aromatic nitrogens is 9. The highest BCUT2D eigenvalue weighted by atomic mass is 16.1. The van der Waals surface area contributed by atoms with Gasteiger partial charge in [0.25, 0.3) is 5.95 Å². The Hall–Kier alpha value is -5.50. The number of terminal acetylenes is 2. The fourth-order valence-electron chi connectivity index (χ4n) is 4.27. The highest BCUT2D eigenvalue weighted by Crippen LogP contribution is 2.40. The largest absolute Gasteiger partial charge is 0.383 e. The molecule has 7 rings (SSSR count). The number of nitrogens with one attached hydrogen (secondary N) is 3. The Labute approximate surface area is 257 Å². The quantitative estimate of drug-likeness (QED) is 0.170. The summed E-state index contributed by atoms with van der Waals surface area (Å²) in [5, 5.41) is 17.7. The average Bonchev–Trinajstić information content (AvgIpc) is 3.96. The molecule has 4 aromatic heterocycles. The van der Waals surface area contributed by atoms with E-state index in [-0.39, 0.29) is 0 Å². The number of hydrogen-bond acceptors (Lipinski definition) is 11. The summed E-state index contributed by atoms with van der Waals surface area (Å²) < 4.78 is 1.63. The minimum Gasteiger partial charge on any atom is -0.383 e. The van der Waals surface area contributed by atoms with Crippen LogP contribution in [-0.4, -0.2) is 64.4 Å². The van der Waals surface area contributed by atoms with Crippen LogP contribution < -0.4 is 21.3 Å². The lowest BCUT2D eigenvalue weighted by molar-refractivity contribution is -0.105. The van der Waals surface area contributed by atoms with Crippen molar-refractivity contribution in [3.05, 3.63) is 42.1 Å². The van der Waals surface area contributed by atoms with Crippen molar-refractivity contribution < 1.29 is 4.79 Å². The number of nitrogens with zero attached hydrogens (tertiary/aromatic N) is 9. The lowest BCUT2D eigenvalue weighted by Gasteiger charge is -2.16. The SMILES string of the molecule is C#C.C#C.CC.Nc1cc(C2CC2)nn1-c1nc(Nc2cc(C3CC3)[nH]n2)nc(N2CCCC2)n1.O=CNc1cnccn1. The van der Waals surface area contributed by atoms with E-state index < -0.39 is 0 Å². The summed E-state index contributed by atoms with van der Waals surface area (Å²) in [7, 11) is 0. The van der Waals surface area contributed by atoms with Gasteiger partial charge in [0.2, 0.25) is 18.3 Å². The maximum Gasteiger partial charge on any atom is 0.259 e. The Morgan fingerprint density at radius 2 is 1.61 bits per heavy atom. The highest BCUT2D eigenvalue weighted by molar-refractivity contribution is 5.67. The third-order valence-corrected chi connectivity index (χ3v) is 6.57. The van der Waals surface area contributed by atoms with Crippen molar-refractivity contribution in [1.29, 1.82) is 0 Å². The Morgan fingerprint density at radius 3 is 2.23 bits per heavy atom. The lowest BCUT2D eigenvalue weighted by atomic mass is 10.3. The van der Waals surface area contributed by atoms with Gasteiger partial charge in [-0.15, -0.1) is 25.7 Å². The molecule has 14 nitrogen and oxygen atoms in total. The molecular formula is C30H39N13O. The van der Waals surface area contributed by atoms with Gasteiger partial charge < -0.3 is 21.3 Å². The standard InChI is InChI=1S/C19H24N10.C5H5N3O.C2H6.2C2H2/c20-15-9-14(12-5-6-12)27-29(15)19-23-17(22-18(24-19)28-7-1-2-8-28)21-16-10-13(25-26-16)11-3-4-11;9-4-8-5-3-6-1-2-7-5;3*1-2/h9-12H,1-8,20H2,(H2,21,22,23,24,25,26);1-4H,(H,7,8,9);1-2H3;2*1-2H. The smallest absolute Gasteiger partial charge is 0.259 e. The molecule has 1 saturated heterocycles. The van der Waals surface area contributed by atoms with Crippen LogP contribution in [0.4, 0.5) is 29.4 Å². The van der Waals surface area contributed by atoms with Gasteiger partial charge in [-0.1, -0.05) is 13.8 Å². The fraction of sp³-hybridized carbons (Fsp3) is 0.400. The molecule has 5 heterocycles. The van der Waals surface area contributed by atoms with Gasteiger partial charge in [0.1, 0.15) is 5.82 Å². The first-order valence-electron chi connectivity index (χ1n) is 14.5. The van der Waals surface area contributed by atoms with Crippen LogP contribution in [0.15, 0.2) is 30.7 Å². The summed E-state index contributed by atoms with van der Waals surface area (Å²) in [5.74, 6) is 4.39. The van der Waals surface area contributed by atoms with Crippen LogP contribution in [0.1, 0.15) is 75.6 Å². The predicted octanol–water partition coefficient (Wildman–Crippen LogP) is 4.03. The van der Waals surface area contributed by atoms with Crippen molar-refractivity contribution in [1.82, 2.24) is 44.9 Å². The Bertz CT molecular complexity index is 1470. The Morgan fingerprint density at radius 1 is 0.932 bits per heavy atom. The van der Waals surface area contributed by atoms with E-state index in [2.05, 4.69) is 81.4 Å². The van der Waals surface area contributed by atoms with E-state index in [0.717, 1.165) is 37.3 Å². The van der Waals surface area contributed by atoms with Crippen LogP contribution in [0.2, 0.25) is 0 Å². The molecule has 44 heavy (non-hydrogen) atoms. The maximum absolute atomic E-state index is 9.80. The van der Waals surface area contributed by atoms with Gasteiger partial charge in [0, 0.05) is 55.1 Å². The zero-order valence-corrected chi connectivity index (χ0v) is 25.1. The Kier molecular flexibility index (Phi) is 12.6. The molecule has 0 radical (unpaired) electrons. The van der Waals surface area contributed by atoms with Gasteiger partial charge in [-0.2, -0.15) is 29.8 Å². The zero-order valence-electron chi connectivity index (χ0n) is 25.1. The summed E-state index contributed by atoms with van der Waals surface area (Å²) in [6, 6.07) is 3.96. The third-order valence-electron chi connectivity index (χ3n) is 6.57. The topological polar surface area (TPSA) is 181 Å². The molecule has 2 aliphatic carbocycles. The van der Waals surface area contributed by atoms with E-state index in [1.807, 2.05) is 26.0 Å². The van der Waals surface area contributed by atoms with Gasteiger partial charge in [-0.3, -0.25) is 14.9 Å². The number of H-pyrrole nitrogens is 1. The Balaban J connectivity index is 0.000000298. The molecule has 1 aliphatic heterocycles. The number of nitrogens with two attached hydrogens (primary N) is 1. The number of aromatic amines is 1. The first-order chi connectivity index (χ1) is 21.7. The minimum absolute atomic E-state index is 0.437. The molecule has 14 heteroatoms. The molecule has 1 amide bonds. The van der Waals surface area contributed by atoms with Crippen molar-refractivity contribution in [2.75, 3.05) is 34.4 Å². The number of anilines is 5. The van der Waals surface area contributed by atoms with Crippen LogP contribution in [0, 0.1) is 25.7 Å². The normalized spacial score (nSPS) is 14.5. The minimum atomic E-state index is 0.437. The van der Waals surface area contributed by atoms with Crippen molar-refractivity contribution in [3.63, 3.8) is 0 Å². The third kappa shape index (κ3) is 9.00. The molecule has 5 N–H and O–H groups in total. The number of rotatable bonds is 8. The summed E-state index contributed by atoms with van der Waals surface area (Å²) in [6.45, 7) is 5.89. The van der Waals surface area contributed by atoms with Gasteiger partial charge in [-0.25, -0.2) is 4.98 Å². The molecule has 0 aromatic carbocycles. The van der Waals surface area contributed by atoms with E-state index in [1.165, 1.54) is 44.3 Å².